The Hall–Kier alpha value is -4.94. The van der Waals surface area contributed by atoms with Crippen molar-refractivity contribution in [2.45, 2.75) is 45.8 Å². The number of ether oxygens (including phenoxy) is 2. The summed E-state index contributed by atoms with van der Waals surface area (Å²) >= 11 is 0. The molecule has 1 amide bonds. The molecule has 1 saturated heterocycles. The van der Waals surface area contributed by atoms with Gasteiger partial charge in [0.1, 0.15) is 5.60 Å². The molecule has 5 heterocycles. The van der Waals surface area contributed by atoms with E-state index in [-0.39, 0.29) is 6.09 Å². The Morgan fingerprint density at radius 1 is 1.02 bits per heavy atom. The Balaban J connectivity index is 1.06. The van der Waals surface area contributed by atoms with Gasteiger partial charge < -0.3 is 14.4 Å². The van der Waals surface area contributed by atoms with Crippen LogP contribution in [0.2, 0.25) is 0 Å². The fraction of sp³-hybridized carbons (Fsp3) is 0.400. The first-order chi connectivity index (χ1) is 20.7. The maximum Gasteiger partial charge on any atom is 0.410 e. The van der Waals surface area contributed by atoms with E-state index >= 15 is 0 Å². The van der Waals surface area contributed by atoms with Crippen LogP contribution in [0.25, 0.3) is 33.9 Å². The third kappa shape index (κ3) is 6.76. The molecule has 0 unspecified atom stereocenters. The van der Waals surface area contributed by atoms with Gasteiger partial charge in [0.2, 0.25) is 5.65 Å². The number of aromatic nitrogens is 9. The van der Waals surface area contributed by atoms with Gasteiger partial charge in [-0.25, -0.2) is 29.4 Å². The van der Waals surface area contributed by atoms with Crippen LogP contribution in [0.3, 0.4) is 0 Å². The van der Waals surface area contributed by atoms with Crippen molar-refractivity contribution in [3.8, 4) is 28.4 Å². The maximum atomic E-state index is 12.3. The number of amides is 1. The molecule has 0 atom stereocenters. The predicted molar refractivity (Wildman–Crippen MR) is 158 cm³/mol. The summed E-state index contributed by atoms with van der Waals surface area (Å²) in [7, 11) is 1.86. The molecule has 5 aromatic rings. The molecular weight excluding hydrogens is 548 g/mol. The molecule has 0 radical (unpaired) electrons. The van der Waals surface area contributed by atoms with Gasteiger partial charge in [-0.2, -0.15) is 5.10 Å². The molecule has 13 heteroatoms. The third-order valence-corrected chi connectivity index (χ3v) is 7.13. The third-order valence-electron chi connectivity index (χ3n) is 7.13. The first-order valence-electron chi connectivity index (χ1n) is 14.3. The van der Waals surface area contributed by atoms with Gasteiger partial charge in [-0.05, 0) is 51.2 Å². The second kappa shape index (κ2) is 11.7. The predicted octanol–water partition coefficient (Wildman–Crippen LogP) is 4.15. The van der Waals surface area contributed by atoms with E-state index in [4.69, 9.17) is 14.5 Å². The minimum absolute atomic E-state index is 0.252. The van der Waals surface area contributed by atoms with Gasteiger partial charge >= 0.3 is 6.09 Å². The SMILES string of the molecule is Cn1cc(-c2cnc3nnn(Cc4cccc(-c5ncc(OCC6CCN(C(=O)OC(C)(C)C)CC6)cn5)c4)c3n2)cn1. The van der Waals surface area contributed by atoms with E-state index < -0.39 is 5.60 Å². The van der Waals surface area contributed by atoms with E-state index in [1.807, 2.05) is 58.3 Å². The van der Waals surface area contributed by atoms with Crippen molar-refractivity contribution >= 4 is 17.4 Å². The number of likely N-dealkylation sites (tertiary alicyclic amines) is 1. The Labute approximate surface area is 248 Å². The first-order valence-corrected chi connectivity index (χ1v) is 14.3. The summed E-state index contributed by atoms with van der Waals surface area (Å²) in [6, 6.07) is 7.98. The minimum atomic E-state index is -0.489. The van der Waals surface area contributed by atoms with Gasteiger partial charge in [0, 0.05) is 37.5 Å². The van der Waals surface area contributed by atoms with E-state index in [0.717, 1.165) is 29.5 Å². The van der Waals surface area contributed by atoms with Crippen molar-refractivity contribution < 1.29 is 14.3 Å². The lowest BCUT2D eigenvalue weighted by Crippen LogP contribution is -2.42. The Kier molecular flexibility index (Phi) is 7.70. The summed E-state index contributed by atoms with van der Waals surface area (Å²) in [6.45, 7) is 7.98. The molecule has 4 aromatic heterocycles. The second-order valence-electron chi connectivity index (χ2n) is 11.7. The molecule has 0 aliphatic carbocycles. The monoisotopic (exact) mass is 582 g/mol. The molecule has 0 bridgehead atoms. The molecule has 1 aliphatic rings. The van der Waals surface area contributed by atoms with Crippen LogP contribution in [-0.4, -0.2) is 81.0 Å². The van der Waals surface area contributed by atoms with Crippen LogP contribution >= 0.6 is 0 Å². The Morgan fingerprint density at radius 2 is 1.81 bits per heavy atom. The number of rotatable bonds is 7. The lowest BCUT2D eigenvalue weighted by atomic mass is 9.98. The number of carbonyl (C=O) groups excluding carboxylic acids is 1. The van der Waals surface area contributed by atoms with Gasteiger partial charge in [0.15, 0.2) is 17.2 Å². The zero-order valence-electron chi connectivity index (χ0n) is 24.7. The average molecular weight is 583 g/mol. The summed E-state index contributed by atoms with van der Waals surface area (Å²) < 4.78 is 14.9. The lowest BCUT2D eigenvalue weighted by Gasteiger charge is -2.33. The summed E-state index contributed by atoms with van der Waals surface area (Å²) in [5, 5.41) is 12.7. The normalized spacial score (nSPS) is 14.3. The van der Waals surface area contributed by atoms with Crippen LogP contribution in [0.15, 0.2) is 55.2 Å². The minimum Gasteiger partial charge on any atom is -0.490 e. The highest BCUT2D eigenvalue weighted by atomic mass is 16.6. The molecule has 0 spiro atoms. The van der Waals surface area contributed by atoms with Crippen LogP contribution < -0.4 is 4.74 Å². The lowest BCUT2D eigenvalue weighted by molar-refractivity contribution is 0.0165. The van der Waals surface area contributed by atoms with E-state index in [0.29, 0.717) is 60.7 Å². The summed E-state index contributed by atoms with van der Waals surface area (Å²) in [6.07, 6.45) is 10.2. The highest BCUT2D eigenvalue weighted by Gasteiger charge is 2.27. The van der Waals surface area contributed by atoms with Crippen LogP contribution in [0.5, 0.6) is 5.75 Å². The standard InChI is InChI=1S/C30H34N10O3/c1-30(2,3)43-29(41)39-10-8-20(9-11-39)19-42-24-14-31-26(32-15-24)22-7-5-6-21(12-22)17-40-28-27(36-37-40)33-16-25(35-28)23-13-34-38(4)18-23/h5-7,12-16,18,20H,8-11,17,19H2,1-4H3. The van der Waals surface area contributed by atoms with Crippen molar-refractivity contribution in [3.63, 3.8) is 0 Å². The van der Waals surface area contributed by atoms with Gasteiger partial charge in [0.25, 0.3) is 0 Å². The van der Waals surface area contributed by atoms with Gasteiger partial charge in [0.05, 0.1) is 43.6 Å². The van der Waals surface area contributed by atoms with Crippen molar-refractivity contribution in [1.29, 1.82) is 0 Å². The van der Waals surface area contributed by atoms with Crippen LogP contribution in [0.1, 0.15) is 39.2 Å². The number of piperidine rings is 1. The number of aryl methyl sites for hydroxylation is 1. The van der Waals surface area contributed by atoms with Crippen molar-refractivity contribution in [3.05, 3.63) is 60.8 Å². The molecule has 43 heavy (non-hydrogen) atoms. The molecular formula is C30H34N10O3. The summed E-state index contributed by atoms with van der Waals surface area (Å²) in [5.74, 6) is 1.57. The van der Waals surface area contributed by atoms with Gasteiger partial charge in [-0.15, -0.1) is 5.10 Å². The van der Waals surface area contributed by atoms with E-state index in [9.17, 15) is 4.79 Å². The zero-order valence-corrected chi connectivity index (χ0v) is 24.7. The average Bonchev–Trinajstić information content (AvgIpc) is 3.61. The molecule has 0 N–H and O–H groups in total. The molecule has 0 saturated carbocycles. The maximum absolute atomic E-state index is 12.3. The fourth-order valence-electron chi connectivity index (χ4n) is 4.90. The molecule has 1 aliphatic heterocycles. The number of nitrogens with zero attached hydrogens (tertiary/aromatic N) is 10. The largest absolute Gasteiger partial charge is 0.490 e. The highest BCUT2D eigenvalue weighted by molar-refractivity contribution is 5.70. The topological polar surface area (TPSA) is 139 Å². The van der Waals surface area contributed by atoms with E-state index in [1.165, 1.54) is 0 Å². The summed E-state index contributed by atoms with van der Waals surface area (Å²) in [5.41, 5.74) is 4.05. The number of benzene rings is 1. The Morgan fingerprint density at radius 3 is 2.53 bits per heavy atom. The van der Waals surface area contributed by atoms with Crippen LogP contribution in [0.4, 0.5) is 4.79 Å². The molecule has 13 nitrogen and oxygen atoms in total. The second-order valence-corrected chi connectivity index (χ2v) is 11.7. The number of carbonyl (C=O) groups is 1. The fourth-order valence-corrected chi connectivity index (χ4v) is 4.90. The Bertz CT molecular complexity index is 1720. The zero-order chi connectivity index (χ0) is 30.0. The molecule has 6 rings (SSSR count). The van der Waals surface area contributed by atoms with E-state index in [1.54, 1.807) is 39.1 Å². The summed E-state index contributed by atoms with van der Waals surface area (Å²) in [4.78, 5) is 32.3. The number of fused-ring (bicyclic) bond motifs is 1. The molecule has 1 aromatic carbocycles. The van der Waals surface area contributed by atoms with Gasteiger partial charge in [-0.3, -0.25) is 4.68 Å². The smallest absolute Gasteiger partial charge is 0.410 e. The van der Waals surface area contributed by atoms with Gasteiger partial charge in [-0.1, -0.05) is 23.4 Å². The first kappa shape index (κ1) is 28.2. The van der Waals surface area contributed by atoms with Crippen molar-refractivity contribution in [2.75, 3.05) is 19.7 Å². The van der Waals surface area contributed by atoms with Crippen LogP contribution in [-0.2, 0) is 18.3 Å². The van der Waals surface area contributed by atoms with E-state index in [2.05, 4.69) is 30.4 Å². The molecule has 222 valence electrons. The molecule has 1 fully saturated rings. The van der Waals surface area contributed by atoms with Crippen molar-refractivity contribution in [2.24, 2.45) is 13.0 Å². The van der Waals surface area contributed by atoms with Crippen LogP contribution in [0, 0.1) is 5.92 Å². The number of hydrogen-bond donors (Lipinski definition) is 0. The number of hydrogen-bond acceptors (Lipinski definition) is 10. The highest BCUT2D eigenvalue weighted by Crippen LogP contribution is 2.23. The quantitative estimate of drug-likeness (QED) is 0.275. The van der Waals surface area contributed by atoms with Crippen molar-refractivity contribution in [1.82, 2.24) is 49.6 Å².